The predicted molar refractivity (Wildman–Crippen MR) is 130 cm³/mol. The molecule has 1 heterocycles. The van der Waals surface area contributed by atoms with Gasteiger partial charge in [-0.2, -0.15) is 5.10 Å². The number of carbonyl (C=O) groups excluding carboxylic acids is 2. The van der Waals surface area contributed by atoms with Crippen LogP contribution in [0.4, 0.5) is 0 Å². The van der Waals surface area contributed by atoms with Crippen LogP contribution >= 0.6 is 0 Å². The first-order valence-corrected chi connectivity index (χ1v) is 11.6. The molecule has 0 aliphatic carbocycles. The van der Waals surface area contributed by atoms with Crippen LogP contribution in [0.25, 0.3) is 11.3 Å². The van der Waals surface area contributed by atoms with Gasteiger partial charge in [-0.1, -0.05) is 40.7 Å². The fourth-order valence-corrected chi connectivity index (χ4v) is 3.55. The molecule has 0 bridgehead atoms. The number of benzene rings is 1. The van der Waals surface area contributed by atoms with Crippen molar-refractivity contribution in [1.29, 1.82) is 0 Å². The van der Waals surface area contributed by atoms with Crippen LogP contribution in [0.5, 0.6) is 11.5 Å². The molecule has 2 aromatic rings. The van der Waals surface area contributed by atoms with Gasteiger partial charge in [0.1, 0.15) is 11.5 Å². The number of rotatable bonds is 12. The minimum Gasteiger partial charge on any atom is -0.496 e. The van der Waals surface area contributed by atoms with E-state index in [9.17, 15) is 9.59 Å². The highest BCUT2D eigenvalue weighted by Crippen LogP contribution is 2.38. The summed E-state index contributed by atoms with van der Waals surface area (Å²) in [6.07, 6.45) is 1.09. The van der Waals surface area contributed by atoms with Gasteiger partial charge in [-0.3, -0.25) is 14.3 Å². The maximum atomic E-state index is 13.2. The van der Waals surface area contributed by atoms with Crippen LogP contribution in [0.2, 0.25) is 0 Å². The fourth-order valence-electron chi connectivity index (χ4n) is 3.55. The van der Waals surface area contributed by atoms with Crippen molar-refractivity contribution in [1.82, 2.24) is 20.4 Å². The third-order valence-corrected chi connectivity index (χ3v) is 5.33. The van der Waals surface area contributed by atoms with Crippen LogP contribution < -0.4 is 20.1 Å². The van der Waals surface area contributed by atoms with Gasteiger partial charge in [0.2, 0.25) is 5.91 Å². The van der Waals surface area contributed by atoms with Crippen LogP contribution in [-0.4, -0.2) is 48.4 Å². The topological polar surface area (TPSA) is 94.5 Å². The molecule has 2 rings (SSSR count). The molecule has 1 aromatic heterocycles. The first kappa shape index (κ1) is 26.2. The lowest BCUT2D eigenvalue weighted by Crippen LogP contribution is -2.42. The van der Waals surface area contributed by atoms with Crippen molar-refractivity contribution < 1.29 is 19.1 Å². The minimum atomic E-state index is -0.311. The summed E-state index contributed by atoms with van der Waals surface area (Å²) < 4.78 is 13.0. The molecule has 0 spiro atoms. The van der Waals surface area contributed by atoms with E-state index in [1.54, 1.807) is 20.3 Å². The lowest BCUT2D eigenvalue weighted by molar-refractivity contribution is -0.121. The van der Waals surface area contributed by atoms with E-state index in [1.165, 1.54) is 0 Å². The molecule has 0 fully saturated rings. The third-order valence-electron chi connectivity index (χ3n) is 5.33. The van der Waals surface area contributed by atoms with Gasteiger partial charge in [0.15, 0.2) is 5.69 Å². The van der Waals surface area contributed by atoms with E-state index >= 15 is 0 Å². The number of amides is 2. The van der Waals surface area contributed by atoms with E-state index < -0.39 is 0 Å². The lowest BCUT2D eigenvalue weighted by atomic mass is 10.00. The molecular weight excluding hydrogens is 420 g/mol. The first-order valence-electron chi connectivity index (χ1n) is 11.6. The highest BCUT2D eigenvalue weighted by molar-refractivity contribution is 5.94. The van der Waals surface area contributed by atoms with Crippen LogP contribution in [0.3, 0.4) is 0 Å². The highest BCUT2D eigenvalue weighted by atomic mass is 16.5. The second-order valence-electron chi connectivity index (χ2n) is 8.91. The quantitative estimate of drug-likeness (QED) is 0.503. The lowest BCUT2D eigenvalue weighted by Gasteiger charge is -2.21. The molecular formula is C25H38N4O4. The number of nitrogens with one attached hydrogen (secondary N) is 2. The summed E-state index contributed by atoms with van der Waals surface area (Å²) in [5.41, 5.74) is 1.78. The van der Waals surface area contributed by atoms with Gasteiger partial charge < -0.3 is 20.1 Å². The van der Waals surface area contributed by atoms with E-state index in [0.29, 0.717) is 36.2 Å². The number of hydrogen-bond donors (Lipinski definition) is 2. The first-order chi connectivity index (χ1) is 15.7. The van der Waals surface area contributed by atoms with Gasteiger partial charge >= 0.3 is 0 Å². The minimum absolute atomic E-state index is 0.0689. The van der Waals surface area contributed by atoms with Crippen molar-refractivity contribution in [2.75, 3.05) is 20.8 Å². The standard InChI is InChI=1S/C25H38N4O4/c1-8-12-26-23(30)14-18(17(4)5)27-25(31)19-13-20(29(28-19)15-16(2)3)24-21(32-6)10-9-11-22(24)33-7/h9-11,13,16-18H,8,12,14-15H2,1-7H3,(H,26,30)(H,27,31). The van der Waals surface area contributed by atoms with Gasteiger partial charge in [-0.15, -0.1) is 0 Å². The summed E-state index contributed by atoms with van der Waals surface area (Å²) in [7, 11) is 3.21. The smallest absolute Gasteiger partial charge is 0.272 e. The van der Waals surface area contributed by atoms with Crippen LogP contribution in [-0.2, 0) is 11.3 Å². The zero-order valence-corrected chi connectivity index (χ0v) is 20.9. The van der Waals surface area contributed by atoms with Gasteiger partial charge in [0, 0.05) is 25.6 Å². The summed E-state index contributed by atoms with van der Waals surface area (Å²) in [5, 5.41) is 10.5. The Labute approximate surface area is 197 Å². The van der Waals surface area contributed by atoms with Crippen molar-refractivity contribution in [3.63, 3.8) is 0 Å². The largest absolute Gasteiger partial charge is 0.496 e. The van der Waals surface area contributed by atoms with Gasteiger partial charge in [0.25, 0.3) is 5.91 Å². The second kappa shape index (κ2) is 12.3. The predicted octanol–water partition coefficient (Wildman–Crippen LogP) is 3.89. The monoisotopic (exact) mass is 458 g/mol. The van der Waals surface area contributed by atoms with Crippen molar-refractivity contribution in [2.45, 2.75) is 60.0 Å². The van der Waals surface area contributed by atoms with E-state index in [4.69, 9.17) is 9.47 Å². The molecule has 0 aliphatic heterocycles. The Hall–Kier alpha value is -3.03. The van der Waals surface area contributed by atoms with E-state index in [0.717, 1.165) is 17.7 Å². The summed E-state index contributed by atoms with van der Waals surface area (Å²) >= 11 is 0. The Kier molecular flexibility index (Phi) is 9.75. The Bertz CT molecular complexity index is 914. The third kappa shape index (κ3) is 6.97. The second-order valence-corrected chi connectivity index (χ2v) is 8.91. The highest BCUT2D eigenvalue weighted by Gasteiger charge is 2.25. The Morgan fingerprint density at radius 1 is 1.09 bits per heavy atom. The Morgan fingerprint density at radius 2 is 1.73 bits per heavy atom. The Morgan fingerprint density at radius 3 is 2.24 bits per heavy atom. The molecule has 0 radical (unpaired) electrons. The van der Waals surface area contributed by atoms with Crippen LogP contribution in [0.1, 0.15) is 57.9 Å². The van der Waals surface area contributed by atoms with Crippen molar-refractivity contribution in [3.8, 4) is 22.8 Å². The van der Waals surface area contributed by atoms with E-state index in [-0.39, 0.29) is 30.2 Å². The zero-order valence-electron chi connectivity index (χ0n) is 20.9. The molecule has 1 atom stereocenters. The molecule has 0 saturated heterocycles. The molecule has 1 unspecified atom stereocenters. The summed E-state index contributed by atoms with van der Waals surface area (Å²) in [4.78, 5) is 25.4. The number of aromatic nitrogens is 2. The average molecular weight is 459 g/mol. The molecule has 2 N–H and O–H groups in total. The normalized spacial score (nSPS) is 12.0. The number of nitrogens with zero attached hydrogens (tertiary/aromatic N) is 2. The van der Waals surface area contributed by atoms with E-state index in [2.05, 4.69) is 29.6 Å². The maximum Gasteiger partial charge on any atom is 0.272 e. The van der Waals surface area contributed by atoms with Crippen molar-refractivity contribution >= 4 is 11.8 Å². The summed E-state index contributed by atoms with van der Waals surface area (Å²) in [6, 6.07) is 7.03. The number of hydrogen-bond acceptors (Lipinski definition) is 5. The van der Waals surface area contributed by atoms with E-state index in [1.807, 2.05) is 43.7 Å². The summed E-state index contributed by atoms with van der Waals surface area (Å²) in [5.74, 6) is 1.30. The summed E-state index contributed by atoms with van der Waals surface area (Å²) in [6.45, 7) is 11.4. The zero-order chi connectivity index (χ0) is 24.5. The van der Waals surface area contributed by atoms with Crippen LogP contribution in [0.15, 0.2) is 24.3 Å². The average Bonchev–Trinajstić information content (AvgIpc) is 3.19. The molecule has 2 amide bonds. The Balaban J connectivity index is 2.39. The van der Waals surface area contributed by atoms with Crippen LogP contribution in [0, 0.1) is 11.8 Å². The van der Waals surface area contributed by atoms with Crippen molar-refractivity contribution in [3.05, 3.63) is 30.0 Å². The van der Waals surface area contributed by atoms with Crippen molar-refractivity contribution in [2.24, 2.45) is 11.8 Å². The molecule has 8 nitrogen and oxygen atoms in total. The number of methoxy groups -OCH3 is 2. The SMILES string of the molecule is CCCNC(=O)CC(NC(=O)c1cc(-c2c(OC)cccc2OC)n(CC(C)C)n1)C(C)C. The maximum absolute atomic E-state index is 13.2. The van der Waals surface area contributed by atoms with Gasteiger partial charge in [-0.25, -0.2) is 0 Å². The van der Waals surface area contributed by atoms with Gasteiger partial charge in [-0.05, 0) is 36.5 Å². The molecule has 8 heteroatoms. The molecule has 0 aliphatic rings. The molecule has 33 heavy (non-hydrogen) atoms. The molecule has 182 valence electrons. The number of ether oxygens (including phenoxy) is 2. The fraction of sp³-hybridized carbons (Fsp3) is 0.560. The molecule has 0 saturated carbocycles. The molecule has 1 aromatic carbocycles. The number of carbonyl (C=O) groups is 2. The van der Waals surface area contributed by atoms with Gasteiger partial charge in [0.05, 0.1) is 25.5 Å².